The summed E-state index contributed by atoms with van der Waals surface area (Å²) in [5.41, 5.74) is 0. The van der Waals surface area contributed by atoms with E-state index in [0.29, 0.717) is 15.0 Å². The Morgan fingerprint density at radius 2 is 1.73 bits per heavy atom. The first-order valence-corrected chi connectivity index (χ1v) is 7.21. The van der Waals surface area contributed by atoms with Gasteiger partial charge in [0.25, 0.3) is 0 Å². The zero-order valence-corrected chi connectivity index (χ0v) is 10.5. The SMILES string of the molecule is N#CC1([Se]c2ccccc2)CCCCC1. The number of nitrogens with zero attached hydrogens (tertiary/aromatic N) is 1. The van der Waals surface area contributed by atoms with Crippen molar-refractivity contribution in [2.75, 3.05) is 0 Å². The molecular formula is C13H15NSe. The van der Waals surface area contributed by atoms with Crippen LogP contribution >= 0.6 is 0 Å². The van der Waals surface area contributed by atoms with Gasteiger partial charge in [-0.05, 0) is 0 Å². The first-order valence-electron chi connectivity index (χ1n) is 5.50. The van der Waals surface area contributed by atoms with Crippen molar-refractivity contribution in [1.82, 2.24) is 0 Å². The van der Waals surface area contributed by atoms with Gasteiger partial charge >= 0.3 is 97.5 Å². The fourth-order valence-electron chi connectivity index (χ4n) is 2.07. The summed E-state index contributed by atoms with van der Waals surface area (Å²) in [4.78, 5) is 0. The van der Waals surface area contributed by atoms with Crippen LogP contribution in [0.5, 0.6) is 0 Å². The number of nitriles is 1. The van der Waals surface area contributed by atoms with Gasteiger partial charge < -0.3 is 0 Å². The number of benzene rings is 1. The molecule has 0 atom stereocenters. The Balaban J connectivity index is 2.12. The molecule has 0 amide bonds. The van der Waals surface area contributed by atoms with Crippen LogP contribution < -0.4 is 4.46 Å². The van der Waals surface area contributed by atoms with Gasteiger partial charge in [-0.15, -0.1) is 0 Å². The molecule has 78 valence electrons. The summed E-state index contributed by atoms with van der Waals surface area (Å²) in [5.74, 6) is 0. The normalized spacial score (nSPS) is 19.4. The van der Waals surface area contributed by atoms with Gasteiger partial charge in [-0.25, -0.2) is 0 Å². The quantitative estimate of drug-likeness (QED) is 0.753. The van der Waals surface area contributed by atoms with Crippen LogP contribution in [-0.2, 0) is 0 Å². The third-order valence-electron chi connectivity index (χ3n) is 2.92. The molecule has 1 saturated carbocycles. The molecule has 2 heteroatoms. The van der Waals surface area contributed by atoms with Crippen LogP contribution in [0.2, 0.25) is 4.31 Å². The van der Waals surface area contributed by atoms with Crippen molar-refractivity contribution in [3.05, 3.63) is 30.3 Å². The van der Waals surface area contributed by atoms with Gasteiger partial charge in [0.1, 0.15) is 0 Å². The molecule has 2 rings (SSSR count). The Hall–Kier alpha value is -0.771. The molecule has 1 aromatic carbocycles. The van der Waals surface area contributed by atoms with Crippen molar-refractivity contribution in [3.63, 3.8) is 0 Å². The van der Waals surface area contributed by atoms with Gasteiger partial charge in [0.2, 0.25) is 0 Å². The Labute approximate surface area is 97.7 Å². The van der Waals surface area contributed by atoms with Crippen LogP contribution in [-0.4, -0.2) is 15.0 Å². The number of hydrogen-bond donors (Lipinski definition) is 0. The van der Waals surface area contributed by atoms with Gasteiger partial charge in [0, 0.05) is 0 Å². The van der Waals surface area contributed by atoms with E-state index in [1.54, 1.807) is 0 Å². The van der Waals surface area contributed by atoms with Crippen molar-refractivity contribution < 1.29 is 0 Å². The van der Waals surface area contributed by atoms with Crippen molar-refractivity contribution in [2.45, 2.75) is 36.4 Å². The predicted octanol–water partition coefficient (Wildman–Crippen LogP) is 2.66. The van der Waals surface area contributed by atoms with Crippen LogP contribution in [0.25, 0.3) is 0 Å². The fraction of sp³-hybridized carbons (Fsp3) is 0.462. The molecule has 0 aromatic heterocycles. The van der Waals surface area contributed by atoms with E-state index in [0.717, 1.165) is 12.8 Å². The summed E-state index contributed by atoms with van der Waals surface area (Å²) >= 11 is 0.323. The van der Waals surface area contributed by atoms with Gasteiger partial charge in [0.15, 0.2) is 0 Å². The van der Waals surface area contributed by atoms with E-state index in [4.69, 9.17) is 0 Å². The summed E-state index contributed by atoms with van der Waals surface area (Å²) in [5, 5.41) is 9.37. The maximum absolute atomic E-state index is 9.37. The summed E-state index contributed by atoms with van der Waals surface area (Å²) in [6, 6.07) is 13.1. The fourth-order valence-corrected chi connectivity index (χ4v) is 4.77. The molecular weight excluding hydrogens is 249 g/mol. The zero-order chi connectivity index (χ0) is 10.6. The maximum atomic E-state index is 9.37. The second-order valence-electron chi connectivity index (χ2n) is 4.08. The summed E-state index contributed by atoms with van der Waals surface area (Å²) in [6.07, 6.45) is 6.01. The van der Waals surface area contributed by atoms with Crippen LogP contribution in [0.1, 0.15) is 32.1 Å². The topological polar surface area (TPSA) is 23.8 Å². The Morgan fingerprint density at radius 1 is 1.07 bits per heavy atom. The average Bonchev–Trinajstić information content (AvgIpc) is 2.32. The van der Waals surface area contributed by atoms with Gasteiger partial charge in [-0.3, -0.25) is 0 Å². The Bertz CT molecular complexity index is 347. The minimum atomic E-state index is -0.00734. The summed E-state index contributed by atoms with van der Waals surface area (Å²) in [6.45, 7) is 0. The van der Waals surface area contributed by atoms with Crippen molar-refractivity contribution in [3.8, 4) is 6.07 Å². The first kappa shape index (κ1) is 10.7. The van der Waals surface area contributed by atoms with Crippen molar-refractivity contribution in [2.24, 2.45) is 0 Å². The molecule has 1 nitrogen and oxygen atoms in total. The van der Waals surface area contributed by atoms with Gasteiger partial charge in [-0.2, -0.15) is 0 Å². The van der Waals surface area contributed by atoms with Crippen molar-refractivity contribution in [1.29, 1.82) is 5.26 Å². The molecule has 0 spiro atoms. The standard InChI is InChI=1S/C13H15NSe/c14-11-13(9-5-2-6-10-13)15-12-7-3-1-4-8-12/h1,3-4,7-8H,2,5-6,9-10H2. The van der Waals surface area contributed by atoms with Gasteiger partial charge in [-0.1, -0.05) is 0 Å². The van der Waals surface area contributed by atoms with Crippen LogP contribution in [0.15, 0.2) is 30.3 Å². The molecule has 15 heavy (non-hydrogen) atoms. The monoisotopic (exact) mass is 265 g/mol. The van der Waals surface area contributed by atoms with E-state index in [9.17, 15) is 5.26 Å². The minimum absolute atomic E-state index is 0.00734. The van der Waals surface area contributed by atoms with Crippen molar-refractivity contribution >= 4 is 19.4 Å². The van der Waals surface area contributed by atoms with E-state index >= 15 is 0 Å². The van der Waals surface area contributed by atoms with E-state index in [1.165, 1.54) is 23.7 Å². The second kappa shape index (κ2) is 4.83. The van der Waals surface area contributed by atoms with E-state index in [1.807, 2.05) is 6.07 Å². The molecule has 0 bridgehead atoms. The molecule has 1 fully saturated rings. The zero-order valence-electron chi connectivity index (χ0n) is 8.78. The predicted molar refractivity (Wildman–Crippen MR) is 63.2 cm³/mol. The summed E-state index contributed by atoms with van der Waals surface area (Å²) in [7, 11) is 0. The van der Waals surface area contributed by atoms with Crippen LogP contribution in [0.4, 0.5) is 0 Å². The molecule has 0 N–H and O–H groups in total. The Morgan fingerprint density at radius 3 is 2.33 bits per heavy atom. The average molecular weight is 264 g/mol. The van der Waals surface area contributed by atoms with Crippen LogP contribution in [0.3, 0.4) is 0 Å². The summed E-state index contributed by atoms with van der Waals surface area (Å²) < 4.78 is 1.36. The second-order valence-corrected chi connectivity index (χ2v) is 7.14. The number of rotatable bonds is 2. The molecule has 0 unspecified atom stereocenters. The molecule has 1 aliphatic carbocycles. The molecule has 1 aliphatic rings. The molecule has 0 aliphatic heterocycles. The van der Waals surface area contributed by atoms with Crippen LogP contribution in [0, 0.1) is 11.3 Å². The van der Waals surface area contributed by atoms with Gasteiger partial charge in [0.05, 0.1) is 0 Å². The molecule has 1 aromatic rings. The van der Waals surface area contributed by atoms with E-state index < -0.39 is 0 Å². The molecule has 0 heterocycles. The third kappa shape index (κ3) is 2.62. The Kier molecular flexibility index (Phi) is 3.46. The molecule has 0 saturated heterocycles. The number of hydrogen-bond acceptors (Lipinski definition) is 1. The van der Waals surface area contributed by atoms with E-state index in [2.05, 4.69) is 30.3 Å². The third-order valence-corrected chi connectivity index (χ3v) is 5.85. The first-order chi connectivity index (χ1) is 7.35. The van der Waals surface area contributed by atoms with E-state index in [-0.39, 0.29) is 4.31 Å². The molecule has 0 radical (unpaired) electrons.